The molecule has 0 heterocycles. The van der Waals surface area contributed by atoms with Crippen molar-refractivity contribution in [2.24, 2.45) is 0 Å². The number of amides is 1. The van der Waals surface area contributed by atoms with Crippen LogP contribution in [-0.4, -0.2) is 47.4 Å². The molecule has 6 nitrogen and oxygen atoms in total. The highest BCUT2D eigenvalue weighted by Gasteiger charge is 2.18. The van der Waals surface area contributed by atoms with Gasteiger partial charge in [0.05, 0.1) is 25.4 Å². The van der Waals surface area contributed by atoms with Crippen molar-refractivity contribution in [1.82, 2.24) is 5.32 Å². The minimum Gasteiger partial charge on any atom is -0.466 e. The van der Waals surface area contributed by atoms with Gasteiger partial charge >= 0.3 is 5.97 Å². The average Bonchev–Trinajstić information content (AvgIpc) is 3.50. The van der Waals surface area contributed by atoms with E-state index in [1.807, 2.05) is 6.08 Å². The Kier molecular flexibility index (Phi) is 70.9. The molecule has 0 fully saturated rings. The lowest BCUT2D eigenvalue weighted by Gasteiger charge is -2.20. The van der Waals surface area contributed by atoms with Crippen LogP contribution in [0.25, 0.3) is 0 Å². The number of nitrogens with one attached hydrogen (secondary N) is 1. The van der Waals surface area contributed by atoms with E-state index in [2.05, 4.69) is 43.5 Å². The summed E-state index contributed by atoms with van der Waals surface area (Å²) < 4.78 is 5.51. The number of allylic oxidation sites excluding steroid dienone is 5. The molecule has 83 heavy (non-hydrogen) atoms. The molecular weight excluding hydrogens is 1020 g/mol. The maximum absolute atomic E-state index is 12.4. The first-order valence-electron chi connectivity index (χ1n) is 37.8. The third kappa shape index (κ3) is 69.1. The van der Waals surface area contributed by atoms with Gasteiger partial charge in [0.1, 0.15) is 0 Å². The molecule has 0 aliphatic heterocycles. The van der Waals surface area contributed by atoms with Crippen LogP contribution in [0.3, 0.4) is 0 Å². The number of ether oxygens (including phenoxy) is 1. The Bertz CT molecular complexity index is 1340. The molecule has 2 unspecified atom stereocenters. The van der Waals surface area contributed by atoms with Gasteiger partial charge in [0.25, 0.3) is 0 Å². The summed E-state index contributed by atoms with van der Waals surface area (Å²) in [4.78, 5) is 24.5. The second-order valence-corrected chi connectivity index (χ2v) is 26.0. The minimum atomic E-state index is -0.839. The predicted molar refractivity (Wildman–Crippen MR) is 366 cm³/mol. The van der Waals surface area contributed by atoms with Gasteiger partial charge in [0, 0.05) is 12.8 Å². The molecular formula is C77H147NO5. The molecule has 1 amide bonds. The van der Waals surface area contributed by atoms with Crippen molar-refractivity contribution >= 4 is 11.9 Å². The number of aliphatic hydroxyl groups excluding tert-OH is 2. The van der Waals surface area contributed by atoms with E-state index in [0.717, 1.165) is 38.5 Å². The van der Waals surface area contributed by atoms with Crippen molar-refractivity contribution in [3.63, 3.8) is 0 Å². The van der Waals surface area contributed by atoms with E-state index < -0.39 is 12.1 Å². The SMILES string of the molecule is CCCCCCCC/C=C\CCCCCCCCCC(=O)OCCCCCCCCCCCCCCCCCCCC/C=C\CCCCCCCCCCCCCCCCCCCC(=O)NC(CO)C(O)/C=C/CCCCCCCCCC. The third-order valence-corrected chi connectivity index (χ3v) is 17.6. The lowest BCUT2D eigenvalue weighted by Crippen LogP contribution is -2.45. The van der Waals surface area contributed by atoms with E-state index in [4.69, 9.17) is 4.74 Å². The summed E-state index contributed by atoms with van der Waals surface area (Å²) >= 11 is 0. The van der Waals surface area contributed by atoms with Crippen molar-refractivity contribution < 1.29 is 24.5 Å². The van der Waals surface area contributed by atoms with Crippen LogP contribution in [0.2, 0.25) is 0 Å². The minimum absolute atomic E-state index is 0.0194. The Balaban J connectivity index is 3.30. The van der Waals surface area contributed by atoms with Crippen LogP contribution in [0.4, 0.5) is 0 Å². The molecule has 0 bridgehead atoms. The lowest BCUT2D eigenvalue weighted by atomic mass is 10.0. The zero-order valence-corrected chi connectivity index (χ0v) is 56.2. The molecule has 0 saturated heterocycles. The van der Waals surface area contributed by atoms with Gasteiger partial charge < -0.3 is 20.3 Å². The fraction of sp³-hybridized carbons (Fsp3) is 0.896. The molecule has 0 aliphatic carbocycles. The summed E-state index contributed by atoms with van der Waals surface area (Å²) in [6.45, 7) is 4.91. The van der Waals surface area contributed by atoms with Crippen LogP contribution in [0, 0.1) is 0 Å². The maximum Gasteiger partial charge on any atom is 0.305 e. The summed E-state index contributed by atoms with van der Waals surface area (Å²) in [7, 11) is 0. The Hall–Kier alpha value is -1.92. The fourth-order valence-electron chi connectivity index (χ4n) is 11.9. The zero-order valence-electron chi connectivity index (χ0n) is 56.2. The van der Waals surface area contributed by atoms with Gasteiger partial charge in [-0.2, -0.15) is 0 Å². The Labute approximate surface area is 519 Å². The van der Waals surface area contributed by atoms with Crippen LogP contribution in [0.1, 0.15) is 418 Å². The highest BCUT2D eigenvalue weighted by Crippen LogP contribution is 2.19. The van der Waals surface area contributed by atoms with E-state index in [0.29, 0.717) is 19.4 Å². The van der Waals surface area contributed by atoms with Gasteiger partial charge in [-0.25, -0.2) is 0 Å². The quantitative estimate of drug-likeness (QED) is 0.0320. The number of carbonyl (C=O) groups excluding carboxylic acids is 2. The van der Waals surface area contributed by atoms with E-state index in [1.165, 1.54) is 353 Å². The molecule has 490 valence electrons. The molecule has 0 aromatic carbocycles. The first kappa shape index (κ1) is 81.1. The molecule has 0 rings (SSSR count). The predicted octanol–water partition coefficient (Wildman–Crippen LogP) is 24.7. The number of esters is 1. The van der Waals surface area contributed by atoms with Gasteiger partial charge in [-0.15, -0.1) is 0 Å². The van der Waals surface area contributed by atoms with Crippen LogP contribution in [-0.2, 0) is 14.3 Å². The Morgan fingerprint density at radius 3 is 0.855 bits per heavy atom. The molecule has 6 heteroatoms. The highest BCUT2D eigenvalue weighted by molar-refractivity contribution is 5.76. The van der Waals surface area contributed by atoms with Gasteiger partial charge in [-0.3, -0.25) is 9.59 Å². The summed E-state index contributed by atoms with van der Waals surface area (Å²) in [5.41, 5.74) is 0. The second-order valence-electron chi connectivity index (χ2n) is 26.0. The van der Waals surface area contributed by atoms with Crippen molar-refractivity contribution in [3.8, 4) is 0 Å². The summed E-state index contributed by atoms with van der Waals surface area (Å²) in [5.74, 6) is -0.0446. The molecule has 0 radical (unpaired) electrons. The van der Waals surface area contributed by atoms with Crippen LogP contribution in [0.15, 0.2) is 36.5 Å². The monoisotopic (exact) mass is 1170 g/mol. The Morgan fingerprint density at radius 2 is 0.566 bits per heavy atom. The number of hydrogen-bond donors (Lipinski definition) is 3. The van der Waals surface area contributed by atoms with Crippen molar-refractivity contribution in [3.05, 3.63) is 36.5 Å². The number of hydrogen-bond acceptors (Lipinski definition) is 5. The maximum atomic E-state index is 12.4. The molecule has 0 spiro atoms. The summed E-state index contributed by atoms with van der Waals surface area (Å²) in [5, 5.41) is 23.0. The number of unbranched alkanes of at least 4 members (excludes halogenated alkanes) is 56. The van der Waals surface area contributed by atoms with Crippen molar-refractivity contribution in [2.75, 3.05) is 13.2 Å². The summed E-state index contributed by atoms with van der Waals surface area (Å²) in [6.07, 6.45) is 94.2. The summed E-state index contributed by atoms with van der Waals surface area (Å²) in [6, 6.07) is -0.623. The van der Waals surface area contributed by atoms with Gasteiger partial charge in [-0.05, 0) is 83.5 Å². The molecule has 0 aromatic rings. The number of carbonyl (C=O) groups is 2. The Morgan fingerprint density at radius 1 is 0.325 bits per heavy atom. The first-order chi connectivity index (χ1) is 41.0. The number of rotatable bonds is 71. The van der Waals surface area contributed by atoms with Gasteiger partial charge in [0.15, 0.2) is 0 Å². The van der Waals surface area contributed by atoms with E-state index >= 15 is 0 Å². The molecule has 3 N–H and O–H groups in total. The smallest absolute Gasteiger partial charge is 0.305 e. The van der Waals surface area contributed by atoms with Crippen molar-refractivity contribution in [2.45, 2.75) is 431 Å². The molecule has 2 atom stereocenters. The number of aliphatic hydroxyl groups is 2. The van der Waals surface area contributed by atoms with Gasteiger partial charge in [-0.1, -0.05) is 359 Å². The zero-order chi connectivity index (χ0) is 59.9. The van der Waals surface area contributed by atoms with E-state index in [1.54, 1.807) is 6.08 Å². The molecule has 0 aromatic heterocycles. The third-order valence-electron chi connectivity index (χ3n) is 17.6. The van der Waals surface area contributed by atoms with Crippen LogP contribution >= 0.6 is 0 Å². The second kappa shape index (κ2) is 72.6. The topological polar surface area (TPSA) is 95.9 Å². The fourth-order valence-corrected chi connectivity index (χ4v) is 11.9. The standard InChI is InChI=1S/C77H147NO5/c1-3-5-7-9-11-13-15-16-17-41-45-48-51-55-59-63-67-71-77(82)83-72-68-64-60-56-52-49-46-43-40-38-36-34-32-30-28-26-24-22-20-18-19-21-23-25-27-29-31-33-35-37-39-42-44-47-50-54-58-62-66-70-76(81)78-74(73-79)75(80)69-65-61-57-53-14-12-10-8-6-4-2/h16-19,65,69,74-75,79-80H,3-15,20-64,66-68,70-73H2,1-2H3,(H,78,81)/b17-16-,19-18-,69-65+. The average molecular weight is 1170 g/mol. The van der Waals surface area contributed by atoms with Crippen LogP contribution < -0.4 is 5.32 Å². The largest absolute Gasteiger partial charge is 0.466 e. The first-order valence-corrected chi connectivity index (χ1v) is 37.8. The van der Waals surface area contributed by atoms with Crippen LogP contribution in [0.5, 0.6) is 0 Å². The molecule has 0 saturated carbocycles. The lowest BCUT2D eigenvalue weighted by molar-refractivity contribution is -0.143. The van der Waals surface area contributed by atoms with Crippen molar-refractivity contribution in [1.29, 1.82) is 0 Å². The van der Waals surface area contributed by atoms with Gasteiger partial charge in [0.2, 0.25) is 5.91 Å². The van der Waals surface area contributed by atoms with E-state index in [9.17, 15) is 19.8 Å². The molecule has 0 aliphatic rings. The highest BCUT2D eigenvalue weighted by atomic mass is 16.5. The van der Waals surface area contributed by atoms with E-state index in [-0.39, 0.29) is 18.5 Å². The normalized spacial score (nSPS) is 12.7.